The van der Waals surface area contributed by atoms with Crippen molar-refractivity contribution < 1.29 is 14.3 Å². The molecule has 9 nitrogen and oxygen atoms in total. The van der Waals surface area contributed by atoms with E-state index in [1.54, 1.807) is 6.07 Å². The zero-order valence-corrected chi connectivity index (χ0v) is 15.1. The number of carbonyl (C=O) groups is 2. The molecule has 1 aliphatic heterocycles. The van der Waals surface area contributed by atoms with E-state index in [9.17, 15) is 9.59 Å². The number of hydrogen-bond acceptors (Lipinski definition) is 6. The van der Waals surface area contributed by atoms with Crippen molar-refractivity contribution in [3.8, 4) is 11.4 Å². The number of rotatable bonds is 4. The van der Waals surface area contributed by atoms with Crippen molar-refractivity contribution in [3.63, 3.8) is 0 Å². The largest absolute Gasteiger partial charge is 0.488 e. The maximum absolute atomic E-state index is 12.3. The molecule has 1 aliphatic rings. The van der Waals surface area contributed by atoms with E-state index in [0.717, 1.165) is 16.9 Å². The van der Waals surface area contributed by atoms with Crippen LogP contribution in [0.15, 0.2) is 48.8 Å². The first kappa shape index (κ1) is 17.7. The van der Waals surface area contributed by atoms with Gasteiger partial charge in [-0.1, -0.05) is 24.3 Å². The number of ether oxygens (including phenoxy) is 1. The molecule has 3 aromatic rings. The van der Waals surface area contributed by atoms with Crippen molar-refractivity contribution in [1.82, 2.24) is 25.5 Å². The van der Waals surface area contributed by atoms with Crippen molar-refractivity contribution in [2.75, 3.05) is 11.9 Å². The molecule has 4 rings (SSSR count). The maximum atomic E-state index is 12.3. The number of benzene rings is 2. The molecule has 0 bridgehead atoms. The Morgan fingerprint density at radius 3 is 2.86 bits per heavy atom. The van der Waals surface area contributed by atoms with Gasteiger partial charge in [0.25, 0.3) is 0 Å². The van der Waals surface area contributed by atoms with Gasteiger partial charge in [-0.25, -0.2) is 4.68 Å². The Labute approximate surface area is 160 Å². The highest BCUT2D eigenvalue weighted by Crippen LogP contribution is 2.27. The average Bonchev–Trinajstić information content (AvgIpc) is 3.37. The molecule has 0 saturated heterocycles. The third kappa shape index (κ3) is 3.68. The van der Waals surface area contributed by atoms with E-state index in [-0.39, 0.29) is 12.6 Å². The van der Waals surface area contributed by atoms with Gasteiger partial charge in [-0.05, 0) is 46.7 Å². The molecule has 0 fully saturated rings. The molecule has 1 unspecified atom stereocenters. The molecular formula is C19H18N6O3. The van der Waals surface area contributed by atoms with Crippen LogP contribution >= 0.6 is 0 Å². The van der Waals surface area contributed by atoms with Crippen molar-refractivity contribution in [2.45, 2.75) is 19.4 Å². The van der Waals surface area contributed by atoms with E-state index in [0.29, 0.717) is 17.8 Å². The number of nitrogens with one attached hydrogen (secondary N) is 2. The van der Waals surface area contributed by atoms with E-state index in [4.69, 9.17) is 4.74 Å². The van der Waals surface area contributed by atoms with Gasteiger partial charge < -0.3 is 15.4 Å². The summed E-state index contributed by atoms with van der Waals surface area (Å²) in [6.45, 7) is 2.09. The minimum absolute atomic E-state index is 0.181. The number of nitrogens with zero attached hydrogens (tertiary/aromatic N) is 4. The second-order valence-corrected chi connectivity index (χ2v) is 6.47. The lowest BCUT2D eigenvalue weighted by atomic mass is 10.1. The second kappa shape index (κ2) is 7.47. The summed E-state index contributed by atoms with van der Waals surface area (Å²) >= 11 is 0. The highest BCUT2D eigenvalue weighted by Gasteiger charge is 2.24. The Balaban J connectivity index is 1.35. The quantitative estimate of drug-likeness (QED) is 0.656. The summed E-state index contributed by atoms with van der Waals surface area (Å²) in [5, 5.41) is 16.2. The highest BCUT2D eigenvalue weighted by molar-refractivity contribution is 6.39. The van der Waals surface area contributed by atoms with E-state index in [2.05, 4.69) is 26.2 Å². The zero-order chi connectivity index (χ0) is 19.5. The molecule has 1 aromatic heterocycles. The van der Waals surface area contributed by atoms with Crippen LogP contribution in [0, 0.1) is 6.92 Å². The minimum atomic E-state index is -0.743. The standard InChI is InChI=1S/C19H18N6O3/c1-12-6-7-14(25-11-21-23-24-25)9-16(12)22-19(27)18(26)20-10-15-8-13-4-2-3-5-17(13)28-15/h2-7,9,11,15H,8,10H2,1H3,(H,20,26)(H,22,27). The van der Waals surface area contributed by atoms with Crippen molar-refractivity contribution in [3.05, 3.63) is 59.9 Å². The van der Waals surface area contributed by atoms with Gasteiger partial charge in [-0.3, -0.25) is 9.59 Å². The lowest BCUT2D eigenvalue weighted by Gasteiger charge is -2.13. The first-order valence-corrected chi connectivity index (χ1v) is 8.78. The summed E-state index contributed by atoms with van der Waals surface area (Å²) in [5.41, 5.74) is 3.09. The highest BCUT2D eigenvalue weighted by atomic mass is 16.5. The predicted octanol–water partition coefficient (Wildman–Crippen LogP) is 1.03. The fraction of sp³-hybridized carbons (Fsp3) is 0.211. The Bertz CT molecular complexity index is 993. The Morgan fingerprint density at radius 2 is 2.07 bits per heavy atom. The molecule has 2 N–H and O–H groups in total. The average molecular weight is 378 g/mol. The topological polar surface area (TPSA) is 111 Å². The fourth-order valence-corrected chi connectivity index (χ4v) is 3.00. The molecule has 2 aromatic carbocycles. The lowest BCUT2D eigenvalue weighted by molar-refractivity contribution is -0.136. The molecule has 9 heteroatoms. The number of carbonyl (C=O) groups excluding carboxylic acids is 2. The number of anilines is 1. The maximum Gasteiger partial charge on any atom is 0.313 e. The van der Waals surface area contributed by atoms with Gasteiger partial charge in [0.2, 0.25) is 0 Å². The molecule has 2 heterocycles. The van der Waals surface area contributed by atoms with Crippen LogP contribution < -0.4 is 15.4 Å². The predicted molar refractivity (Wildman–Crippen MR) is 100 cm³/mol. The summed E-state index contributed by atoms with van der Waals surface area (Å²) < 4.78 is 7.23. The molecule has 0 radical (unpaired) electrons. The van der Waals surface area contributed by atoms with Crippen LogP contribution in [-0.4, -0.2) is 44.7 Å². The Morgan fingerprint density at radius 1 is 1.21 bits per heavy atom. The monoisotopic (exact) mass is 378 g/mol. The van der Waals surface area contributed by atoms with Crippen LogP contribution in [0.1, 0.15) is 11.1 Å². The molecule has 28 heavy (non-hydrogen) atoms. The summed E-state index contributed by atoms with van der Waals surface area (Å²) in [6.07, 6.45) is 1.97. The van der Waals surface area contributed by atoms with E-state index >= 15 is 0 Å². The SMILES string of the molecule is Cc1ccc(-n2cnnn2)cc1NC(=O)C(=O)NCC1Cc2ccccc2O1. The van der Waals surface area contributed by atoms with Crippen molar-refractivity contribution in [1.29, 1.82) is 0 Å². The smallest absolute Gasteiger partial charge is 0.313 e. The first-order chi connectivity index (χ1) is 13.6. The summed E-state index contributed by atoms with van der Waals surface area (Å²) in [7, 11) is 0. The van der Waals surface area contributed by atoms with E-state index in [1.165, 1.54) is 11.0 Å². The molecule has 142 valence electrons. The number of hydrogen-bond donors (Lipinski definition) is 2. The molecule has 2 amide bonds. The normalized spacial score (nSPS) is 14.8. The van der Waals surface area contributed by atoms with Crippen LogP contribution in [0.2, 0.25) is 0 Å². The van der Waals surface area contributed by atoms with Crippen LogP contribution in [0.3, 0.4) is 0 Å². The number of para-hydroxylation sites is 1. The van der Waals surface area contributed by atoms with Gasteiger partial charge in [0.1, 0.15) is 18.2 Å². The molecule has 0 aliphatic carbocycles. The van der Waals surface area contributed by atoms with Gasteiger partial charge in [0, 0.05) is 12.1 Å². The third-order valence-corrected chi connectivity index (χ3v) is 4.49. The molecular weight excluding hydrogens is 360 g/mol. The summed E-state index contributed by atoms with van der Waals surface area (Å²) in [4.78, 5) is 24.5. The van der Waals surface area contributed by atoms with Crippen molar-refractivity contribution in [2.24, 2.45) is 0 Å². The van der Waals surface area contributed by atoms with Gasteiger partial charge in [-0.2, -0.15) is 0 Å². The molecule has 1 atom stereocenters. The Hall–Kier alpha value is -3.75. The van der Waals surface area contributed by atoms with Crippen LogP contribution in [0.25, 0.3) is 5.69 Å². The van der Waals surface area contributed by atoms with Gasteiger partial charge in [0.05, 0.1) is 12.2 Å². The van der Waals surface area contributed by atoms with Crippen LogP contribution in [-0.2, 0) is 16.0 Å². The first-order valence-electron chi connectivity index (χ1n) is 8.78. The fourth-order valence-electron chi connectivity index (χ4n) is 3.00. The van der Waals surface area contributed by atoms with E-state index < -0.39 is 11.8 Å². The summed E-state index contributed by atoms with van der Waals surface area (Å²) in [6, 6.07) is 13.1. The van der Waals surface area contributed by atoms with Gasteiger partial charge in [-0.15, -0.1) is 5.10 Å². The number of amides is 2. The number of tetrazole rings is 1. The van der Waals surface area contributed by atoms with Crippen molar-refractivity contribution >= 4 is 17.5 Å². The Kier molecular flexibility index (Phi) is 4.71. The third-order valence-electron chi connectivity index (χ3n) is 4.49. The van der Waals surface area contributed by atoms with Crippen LogP contribution in [0.4, 0.5) is 5.69 Å². The lowest BCUT2D eigenvalue weighted by Crippen LogP contribution is -2.40. The number of aryl methyl sites for hydroxylation is 1. The van der Waals surface area contributed by atoms with E-state index in [1.807, 2.05) is 43.3 Å². The summed E-state index contributed by atoms with van der Waals surface area (Å²) in [5.74, 6) is -0.638. The second-order valence-electron chi connectivity index (χ2n) is 6.47. The van der Waals surface area contributed by atoms with Gasteiger partial charge >= 0.3 is 11.8 Å². The molecule has 0 saturated carbocycles. The van der Waals surface area contributed by atoms with Crippen LogP contribution in [0.5, 0.6) is 5.75 Å². The molecule has 0 spiro atoms. The number of fused-ring (bicyclic) bond motifs is 1. The number of aromatic nitrogens is 4. The minimum Gasteiger partial charge on any atom is -0.488 e. The zero-order valence-electron chi connectivity index (χ0n) is 15.1. The van der Waals surface area contributed by atoms with Gasteiger partial charge in [0.15, 0.2) is 0 Å².